The van der Waals surface area contributed by atoms with E-state index in [4.69, 9.17) is 4.74 Å². The molecule has 1 aliphatic heterocycles. The molecule has 0 aromatic heterocycles. The lowest BCUT2D eigenvalue weighted by atomic mass is 9.80. The van der Waals surface area contributed by atoms with Gasteiger partial charge in [0.25, 0.3) is 6.08 Å². The molecule has 0 fully saturated rings. The predicted molar refractivity (Wildman–Crippen MR) is 97.2 cm³/mol. The first-order valence-corrected chi connectivity index (χ1v) is 8.29. The summed E-state index contributed by atoms with van der Waals surface area (Å²) in [5, 5.41) is 22.6. The summed E-state index contributed by atoms with van der Waals surface area (Å²) in [4.78, 5) is 27.3. The third-order valence-electron chi connectivity index (χ3n) is 4.49. The Morgan fingerprint density at radius 2 is 1.54 bits per heavy atom. The molecule has 4 rings (SSSR count). The molecule has 0 amide bonds. The Kier molecular flexibility index (Phi) is 4.27. The van der Waals surface area contributed by atoms with Gasteiger partial charge in [0.1, 0.15) is 23.0 Å². The summed E-state index contributed by atoms with van der Waals surface area (Å²) in [6.07, 6.45) is 1.17. The van der Waals surface area contributed by atoms with Crippen LogP contribution in [-0.4, -0.2) is 22.3 Å². The Morgan fingerprint density at radius 3 is 2.14 bits per heavy atom. The highest BCUT2D eigenvalue weighted by Crippen LogP contribution is 2.49. The molecular formula is C21H13NO6. The quantitative estimate of drug-likeness (QED) is 0.244. The molecule has 0 aliphatic carbocycles. The average molecular weight is 375 g/mol. The van der Waals surface area contributed by atoms with E-state index in [1.165, 1.54) is 30.3 Å². The Bertz CT molecular complexity index is 1080. The largest absolute Gasteiger partial charge is 0.508 e. The molecule has 3 aromatic carbocycles. The van der Waals surface area contributed by atoms with Crippen molar-refractivity contribution in [1.82, 2.24) is 0 Å². The van der Waals surface area contributed by atoms with Gasteiger partial charge in [0.05, 0.1) is 5.56 Å². The highest BCUT2D eigenvalue weighted by Gasteiger charge is 2.32. The summed E-state index contributed by atoms with van der Waals surface area (Å²) in [6, 6.07) is 16.1. The molecule has 0 saturated carbocycles. The van der Waals surface area contributed by atoms with E-state index in [9.17, 15) is 19.8 Å². The van der Waals surface area contributed by atoms with E-state index in [-0.39, 0.29) is 17.1 Å². The van der Waals surface area contributed by atoms with E-state index in [0.717, 1.165) is 11.1 Å². The van der Waals surface area contributed by atoms with Gasteiger partial charge in [-0.2, -0.15) is 0 Å². The number of aromatic hydroxyl groups is 2. The Morgan fingerprint density at radius 1 is 0.929 bits per heavy atom. The fourth-order valence-corrected chi connectivity index (χ4v) is 3.36. The molecule has 0 spiro atoms. The molecule has 1 aliphatic rings. The molecular weight excluding hydrogens is 362 g/mol. The molecule has 7 nitrogen and oxygen atoms in total. The van der Waals surface area contributed by atoms with Crippen molar-refractivity contribution in [2.45, 2.75) is 5.92 Å². The van der Waals surface area contributed by atoms with Crippen molar-refractivity contribution in [3.05, 3.63) is 82.9 Å². The minimum Gasteiger partial charge on any atom is -0.508 e. The number of carbonyl (C=O) groups is 1. The van der Waals surface area contributed by atoms with Crippen molar-refractivity contribution in [3.8, 4) is 23.0 Å². The maximum atomic E-state index is 12.4. The summed E-state index contributed by atoms with van der Waals surface area (Å²) in [5.74, 6) is -0.396. The van der Waals surface area contributed by atoms with Crippen LogP contribution in [0.15, 0.2) is 65.8 Å². The first-order valence-electron chi connectivity index (χ1n) is 8.29. The number of benzene rings is 3. The number of phenols is 2. The summed E-state index contributed by atoms with van der Waals surface area (Å²) in [5.41, 5.74) is 2.24. The van der Waals surface area contributed by atoms with Gasteiger partial charge in [-0.3, -0.25) is 0 Å². The minimum absolute atomic E-state index is 0.0223. The molecule has 2 N–H and O–H groups in total. The Labute approximate surface area is 159 Å². The van der Waals surface area contributed by atoms with Gasteiger partial charge in [0.2, 0.25) is 0 Å². The lowest BCUT2D eigenvalue weighted by molar-refractivity contribution is 0.0514. The second kappa shape index (κ2) is 6.90. The first-order chi connectivity index (χ1) is 13.6. The monoisotopic (exact) mass is 375 g/mol. The van der Waals surface area contributed by atoms with Crippen molar-refractivity contribution in [2.75, 3.05) is 0 Å². The van der Waals surface area contributed by atoms with E-state index in [1.54, 1.807) is 36.4 Å². The fourth-order valence-electron chi connectivity index (χ4n) is 3.36. The molecule has 138 valence electrons. The van der Waals surface area contributed by atoms with Gasteiger partial charge < -0.3 is 19.8 Å². The van der Waals surface area contributed by atoms with Crippen LogP contribution in [0.2, 0.25) is 0 Å². The molecule has 1 heterocycles. The highest BCUT2D eigenvalue weighted by atomic mass is 16.7. The van der Waals surface area contributed by atoms with Gasteiger partial charge in [0.15, 0.2) is 0 Å². The van der Waals surface area contributed by atoms with Crippen molar-refractivity contribution in [1.29, 1.82) is 0 Å². The highest BCUT2D eigenvalue weighted by molar-refractivity contribution is 5.92. The number of nitrogens with zero attached hydrogens (tertiary/aromatic N) is 1. The number of hydrogen-bond donors (Lipinski definition) is 2. The van der Waals surface area contributed by atoms with E-state index in [1.807, 2.05) is 0 Å². The minimum atomic E-state index is -0.800. The zero-order chi connectivity index (χ0) is 19.7. The molecule has 28 heavy (non-hydrogen) atoms. The first kappa shape index (κ1) is 17.3. The van der Waals surface area contributed by atoms with Crippen LogP contribution in [0.25, 0.3) is 0 Å². The van der Waals surface area contributed by atoms with E-state index in [0.29, 0.717) is 17.1 Å². The van der Waals surface area contributed by atoms with Crippen molar-refractivity contribution in [3.63, 3.8) is 0 Å². The summed E-state index contributed by atoms with van der Waals surface area (Å²) >= 11 is 0. The number of ether oxygens (including phenoxy) is 1. The predicted octanol–water partition coefficient (Wildman–Crippen LogP) is 3.79. The van der Waals surface area contributed by atoms with Crippen molar-refractivity contribution >= 4 is 12.0 Å². The maximum Gasteiger partial charge on any atom is 0.367 e. The maximum absolute atomic E-state index is 12.4. The SMILES string of the molecule is O=C=NOC(=O)c1ccccc1C1c2ccc(O)cc2Oc2cc(O)ccc21. The number of carbonyl (C=O) groups excluding carboxylic acids is 2. The molecule has 3 aromatic rings. The van der Waals surface area contributed by atoms with Gasteiger partial charge in [-0.25, -0.2) is 9.59 Å². The third-order valence-corrected chi connectivity index (χ3v) is 4.49. The van der Waals surface area contributed by atoms with Gasteiger partial charge in [-0.05, 0) is 23.8 Å². The second-order valence-corrected chi connectivity index (χ2v) is 6.13. The van der Waals surface area contributed by atoms with Gasteiger partial charge in [-0.1, -0.05) is 30.3 Å². The molecule has 0 radical (unpaired) electrons. The number of isocyanates is 1. The lowest BCUT2D eigenvalue weighted by Crippen LogP contribution is -2.15. The number of rotatable bonds is 3. The van der Waals surface area contributed by atoms with Crippen molar-refractivity contribution in [2.24, 2.45) is 5.16 Å². The lowest BCUT2D eigenvalue weighted by Gasteiger charge is -2.29. The molecule has 0 atom stereocenters. The van der Waals surface area contributed by atoms with Crippen LogP contribution in [0.5, 0.6) is 23.0 Å². The molecule has 7 heteroatoms. The van der Waals surface area contributed by atoms with Crippen molar-refractivity contribution < 1.29 is 29.4 Å². The fraction of sp³-hybridized carbons (Fsp3) is 0.0476. The smallest absolute Gasteiger partial charge is 0.367 e. The van der Waals surface area contributed by atoms with Crippen LogP contribution >= 0.6 is 0 Å². The standard InChI is InChI=1S/C21H13NO6/c23-11-22-28-21(26)15-4-2-1-3-14(15)20-16-7-5-12(24)9-18(16)27-19-10-13(25)6-8-17(19)20/h1-10,20,24-25H. The normalized spacial score (nSPS) is 12.1. The number of phenolic OH excluding ortho intramolecular Hbond substituents is 2. The zero-order valence-electron chi connectivity index (χ0n) is 14.3. The van der Waals surface area contributed by atoms with Gasteiger partial charge >= 0.3 is 5.97 Å². The second-order valence-electron chi connectivity index (χ2n) is 6.13. The summed E-state index contributed by atoms with van der Waals surface area (Å²) in [6.45, 7) is 0. The number of fused-ring (bicyclic) bond motifs is 2. The average Bonchev–Trinajstić information content (AvgIpc) is 2.70. The summed E-state index contributed by atoms with van der Waals surface area (Å²) < 4.78 is 5.85. The van der Waals surface area contributed by atoms with Crippen LogP contribution in [0.1, 0.15) is 33.0 Å². The molecule has 0 saturated heterocycles. The van der Waals surface area contributed by atoms with E-state index in [2.05, 4.69) is 9.99 Å². The third kappa shape index (κ3) is 2.96. The zero-order valence-corrected chi connectivity index (χ0v) is 14.3. The van der Waals surface area contributed by atoms with Gasteiger partial charge in [-0.15, -0.1) is 0 Å². The number of hydrogen-bond acceptors (Lipinski definition) is 7. The Balaban J connectivity index is 1.94. The van der Waals surface area contributed by atoms with Crippen LogP contribution < -0.4 is 4.74 Å². The van der Waals surface area contributed by atoms with Crippen LogP contribution in [0.3, 0.4) is 0 Å². The van der Waals surface area contributed by atoms with E-state index < -0.39 is 11.9 Å². The van der Waals surface area contributed by atoms with Crippen LogP contribution in [0, 0.1) is 0 Å². The van der Waals surface area contributed by atoms with Crippen LogP contribution in [-0.2, 0) is 9.63 Å². The van der Waals surface area contributed by atoms with Gasteiger partial charge in [0, 0.05) is 34.3 Å². The Hall–Kier alpha value is -4.09. The van der Waals surface area contributed by atoms with Crippen LogP contribution in [0.4, 0.5) is 0 Å². The summed E-state index contributed by atoms with van der Waals surface area (Å²) in [7, 11) is 0. The molecule has 0 bridgehead atoms. The molecule has 0 unspecified atom stereocenters. The topological polar surface area (TPSA) is 105 Å². The van der Waals surface area contributed by atoms with E-state index >= 15 is 0 Å².